The third-order valence-corrected chi connectivity index (χ3v) is 3.62. The zero-order valence-electron chi connectivity index (χ0n) is 10.6. The number of hydrogen-bond acceptors (Lipinski definition) is 6. The molecule has 3 rings (SSSR count). The van der Waals surface area contributed by atoms with Crippen molar-refractivity contribution in [3.05, 3.63) is 11.8 Å². The Labute approximate surface area is 107 Å². The maximum atomic E-state index is 5.79. The van der Waals surface area contributed by atoms with Crippen LogP contribution in [0.2, 0.25) is 0 Å². The summed E-state index contributed by atoms with van der Waals surface area (Å²) in [5.74, 6) is 1.26. The summed E-state index contributed by atoms with van der Waals surface area (Å²) in [7, 11) is 1.98. The minimum absolute atomic E-state index is 0.0930. The Morgan fingerprint density at radius 2 is 2.28 bits per heavy atom. The van der Waals surface area contributed by atoms with Crippen LogP contribution in [0.25, 0.3) is 0 Å². The van der Waals surface area contributed by atoms with Gasteiger partial charge in [-0.1, -0.05) is 0 Å². The van der Waals surface area contributed by atoms with Crippen molar-refractivity contribution in [2.45, 2.75) is 25.0 Å². The zero-order chi connectivity index (χ0) is 12.5. The van der Waals surface area contributed by atoms with Gasteiger partial charge in [-0.3, -0.25) is 0 Å². The van der Waals surface area contributed by atoms with Crippen LogP contribution in [0.4, 0.5) is 11.8 Å². The molecule has 0 saturated carbocycles. The summed E-state index contributed by atoms with van der Waals surface area (Å²) in [6, 6.07) is 2.56. The Morgan fingerprint density at radius 1 is 1.44 bits per heavy atom. The van der Waals surface area contributed by atoms with Gasteiger partial charge in [0.15, 0.2) is 0 Å². The Hall–Kier alpha value is -1.40. The van der Waals surface area contributed by atoms with Crippen LogP contribution in [0.5, 0.6) is 0 Å². The standard InChI is InChI=1S/C12H19N5O/c1-14-8-6-17(7-8)11-5-9(15-12(13)16-11)10-3-2-4-18-10/h5,8,10,14H,2-4,6-7H2,1H3,(H2,13,15,16). The summed E-state index contributed by atoms with van der Waals surface area (Å²) in [5, 5.41) is 3.24. The molecule has 6 nitrogen and oxygen atoms in total. The zero-order valence-corrected chi connectivity index (χ0v) is 10.6. The minimum Gasteiger partial charge on any atom is -0.372 e. The van der Waals surface area contributed by atoms with Gasteiger partial charge in [0.05, 0.1) is 11.8 Å². The van der Waals surface area contributed by atoms with Gasteiger partial charge in [-0.2, -0.15) is 4.98 Å². The van der Waals surface area contributed by atoms with Gasteiger partial charge < -0.3 is 20.7 Å². The summed E-state index contributed by atoms with van der Waals surface area (Å²) in [6.45, 7) is 2.76. The molecule has 2 saturated heterocycles. The van der Waals surface area contributed by atoms with Gasteiger partial charge in [0, 0.05) is 31.8 Å². The van der Waals surface area contributed by atoms with E-state index in [0.717, 1.165) is 44.0 Å². The quantitative estimate of drug-likeness (QED) is 0.803. The normalized spacial score (nSPS) is 24.3. The summed E-state index contributed by atoms with van der Waals surface area (Å²) in [4.78, 5) is 10.8. The second-order valence-corrected chi connectivity index (χ2v) is 4.90. The van der Waals surface area contributed by atoms with Crippen molar-refractivity contribution >= 4 is 11.8 Å². The molecular weight excluding hydrogens is 230 g/mol. The number of anilines is 2. The smallest absolute Gasteiger partial charge is 0.222 e. The largest absolute Gasteiger partial charge is 0.372 e. The lowest BCUT2D eigenvalue weighted by Crippen LogP contribution is -2.57. The van der Waals surface area contributed by atoms with E-state index >= 15 is 0 Å². The minimum atomic E-state index is 0.0930. The molecule has 0 amide bonds. The molecule has 1 unspecified atom stereocenters. The number of aromatic nitrogens is 2. The predicted molar refractivity (Wildman–Crippen MR) is 69.4 cm³/mol. The molecule has 0 bridgehead atoms. The SMILES string of the molecule is CNC1CN(c2cc(C3CCCO3)nc(N)n2)C1. The number of likely N-dealkylation sites (N-methyl/N-ethyl adjacent to an activating group) is 1. The topological polar surface area (TPSA) is 76.3 Å². The second kappa shape index (κ2) is 4.70. The lowest BCUT2D eigenvalue weighted by molar-refractivity contribution is 0.108. The van der Waals surface area contributed by atoms with Crippen LogP contribution in [-0.2, 0) is 4.74 Å². The van der Waals surface area contributed by atoms with E-state index in [0.29, 0.717) is 12.0 Å². The predicted octanol–water partition coefficient (Wildman–Crippen LogP) is 0.318. The van der Waals surface area contributed by atoms with Gasteiger partial charge in [0.2, 0.25) is 5.95 Å². The third kappa shape index (κ3) is 2.13. The van der Waals surface area contributed by atoms with E-state index in [9.17, 15) is 0 Å². The molecule has 2 aliphatic rings. The van der Waals surface area contributed by atoms with Crippen molar-refractivity contribution in [2.75, 3.05) is 37.4 Å². The monoisotopic (exact) mass is 249 g/mol. The molecule has 98 valence electrons. The van der Waals surface area contributed by atoms with Gasteiger partial charge >= 0.3 is 0 Å². The third-order valence-electron chi connectivity index (χ3n) is 3.62. The number of rotatable bonds is 3. The fourth-order valence-corrected chi connectivity index (χ4v) is 2.46. The van der Waals surface area contributed by atoms with Crippen LogP contribution in [0.3, 0.4) is 0 Å². The van der Waals surface area contributed by atoms with Gasteiger partial charge in [0.25, 0.3) is 0 Å². The van der Waals surface area contributed by atoms with Crippen molar-refractivity contribution < 1.29 is 4.74 Å². The molecule has 0 aromatic carbocycles. The maximum Gasteiger partial charge on any atom is 0.222 e. The van der Waals surface area contributed by atoms with Gasteiger partial charge in [-0.25, -0.2) is 4.98 Å². The lowest BCUT2D eigenvalue weighted by Gasteiger charge is -2.40. The number of nitrogens with two attached hydrogens (primary N) is 1. The first kappa shape index (κ1) is 11.7. The van der Waals surface area contributed by atoms with Crippen LogP contribution >= 0.6 is 0 Å². The highest BCUT2D eigenvalue weighted by molar-refractivity contribution is 5.47. The highest BCUT2D eigenvalue weighted by Gasteiger charge is 2.28. The average molecular weight is 249 g/mol. The van der Waals surface area contributed by atoms with E-state index < -0.39 is 0 Å². The molecule has 2 aliphatic heterocycles. The number of nitrogens with one attached hydrogen (secondary N) is 1. The van der Waals surface area contributed by atoms with Crippen LogP contribution < -0.4 is 16.0 Å². The Morgan fingerprint density at radius 3 is 2.94 bits per heavy atom. The van der Waals surface area contributed by atoms with E-state index in [-0.39, 0.29) is 6.10 Å². The Balaban J connectivity index is 1.78. The van der Waals surface area contributed by atoms with Crippen molar-refractivity contribution in [3.63, 3.8) is 0 Å². The van der Waals surface area contributed by atoms with Crippen LogP contribution in [-0.4, -0.2) is 42.8 Å². The molecule has 0 spiro atoms. The average Bonchev–Trinajstić information content (AvgIpc) is 2.80. The van der Waals surface area contributed by atoms with E-state index in [2.05, 4.69) is 20.2 Å². The molecule has 2 fully saturated rings. The van der Waals surface area contributed by atoms with Crippen molar-refractivity contribution in [1.82, 2.24) is 15.3 Å². The van der Waals surface area contributed by atoms with E-state index in [4.69, 9.17) is 10.5 Å². The Kier molecular flexibility index (Phi) is 3.05. The maximum absolute atomic E-state index is 5.79. The number of ether oxygens (including phenoxy) is 1. The van der Waals surface area contributed by atoms with Crippen molar-refractivity contribution in [2.24, 2.45) is 0 Å². The van der Waals surface area contributed by atoms with Crippen LogP contribution in [0.1, 0.15) is 24.6 Å². The Bertz CT molecular complexity index is 426. The van der Waals surface area contributed by atoms with Crippen LogP contribution in [0, 0.1) is 0 Å². The second-order valence-electron chi connectivity index (χ2n) is 4.90. The number of hydrogen-bond donors (Lipinski definition) is 2. The van der Waals surface area contributed by atoms with Gasteiger partial charge in [-0.15, -0.1) is 0 Å². The summed E-state index contributed by atoms with van der Waals surface area (Å²) < 4.78 is 5.65. The number of nitrogen functional groups attached to an aromatic ring is 1. The molecule has 18 heavy (non-hydrogen) atoms. The van der Waals surface area contributed by atoms with E-state index in [1.165, 1.54) is 0 Å². The highest BCUT2D eigenvalue weighted by Crippen LogP contribution is 2.30. The fraction of sp³-hybridized carbons (Fsp3) is 0.667. The molecule has 1 atom stereocenters. The van der Waals surface area contributed by atoms with E-state index in [1.807, 2.05) is 13.1 Å². The number of nitrogens with zero attached hydrogens (tertiary/aromatic N) is 3. The summed E-state index contributed by atoms with van der Waals surface area (Å²) >= 11 is 0. The molecule has 1 aromatic heterocycles. The first-order valence-electron chi connectivity index (χ1n) is 6.44. The highest BCUT2D eigenvalue weighted by atomic mass is 16.5. The molecule has 0 radical (unpaired) electrons. The van der Waals surface area contributed by atoms with E-state index in [1.54, 1.807) is 0 Å². The molecule has 3 heterocycles. The van der Waals surface area contributed by atoms with Crippen LogP contribution in [0.15, 0.2) is 6.07 Å². The lowest BCUT2D eigenvalue weighted by atomic mass is 10.1. The first-order chi connectivity index (χ1) is 8.76. The molecule has 1 aromatic rings. The van der Waals surface area contributed by atoms with Gasteiger partial charge in [-0.05, 0) is 19.9 Å². The molecular formula is C12H19N5O. The fourth-order valence-electron chi connectivity index (χ4n) is 2.46. The van der Waals surface area contributed by atoms with Crippen molar-refractivity contribution in [3.8, 4) is 0 Å². The van der Waals surface area contributed by atoms with Crippen molar-refractivity contribution in [1.29, 1.82) is 0 Å². The molecule has 3 N–H and O–H groups in total. The molecule has 6 heteroatoms. The van der Waals surface area contributed by atoms with Gasteiger partial charge in [0.1, 0.15) is 5.82 Å². The molecule has 0 aliphatic carbocycles. The summed E-state index contributed by atoms with van der Waals surface area (Å²) in [6.07, 6.45) is 2.21. The first-order valence-corrected chi connectivity index (χ1v) is 6.44. The summed E-state index contributed by atoms with van der Waals surface area (Å²) in [5.41, 5.74) is 6.71.